The molecule has 34 heavy (non-hydrogen) atoms. The zero-order valence-electron chi connectivity index (χ0n) is 19.2. The fraction of sp³-hybridized carbons (Fsp3) is 0.296. The van der Waals surface area contributed by atoms with Gasteiger partial charge in [0.1, 0.15) is 11.6 Å². The summed E-state index contributed by atoms with van der Waals surface area (Å²) in [6, 6.07) is 19.4. The van der Waals surface area contributed by atoms with Crippen molar-refractivity contribution in [1.82, 2.24) is 4.90 Å². The summed E-state index contributed by atoms with van der Waals surface area (Å²) in [5, 5.41) is 13.2. The van der Waals surface area contributed by atoms with Crippen LogP contribution in [-0.2, 0) is 0 Å². The van der Waals surface area contributed by atoms with Gasteiger partial charge < -0.3 is 25.0 Å². The average molecular weight is 462 g/mol. The van der Waals surface area contributed by atoms with Crippen LogP contribution in [0.4, 0.5) is 20.6 Å². The van der Waals surface area contributed by atoms with Gasteiger partial charge in [-0.05, 0) is 59.5 Å². The first-order chi connectivity index (χ1) is 16.5. The Morgan fingerprint density at radius 1 is 1.12 bits per heavy atom. The van der Waals surface area contributed by atoms with E-state index in [9.17, 15) is 14.3 Å². The smallest absolute Gasteiger partial charge is 0.322 e. The topological polar surface area (TPSA) is 65.0 Å². The molecule has 7 heteroatoms. The van der Waals surface area contributed by atoms with Crippen LogP contribution in [0.2, 0.25) is 0 Å². The molecule has 0 saturated carbocycles. The molecule has 176 valence electrons. The van der Waals surface area contributed by atoms with Crippen LogP contribution in [0.5, 0.6) is 5.75 Å². The third-order valence-electron chi connectivity index (χ3n) is 7.09. The first kappa shape index (κ1) is 22.2. The van der Waals surface area contributed by atoms with Gasteiger partial charge >= 0.3 is 6.03 Å². The van der Waals surface area contributed by atoms with Gasteiger partial charge in [-0.1, -0.05) is 24.3 Å². The van der Waals surface area contributed by atoms with Gasteiger partial charge in [0.05, 0.1) is 25.8 Å². The Kier molecular flexibility index (Phi) is 5.87. The molecular weight excluding hydrogens is 433 g/mol. The summed E-state index contributed by atoms with van der Waals surface area (Å²) in [7, 11) is 3.57. The molecule has 0 unspecified atom stereocenters. The summed E-state index contributed by atoms with van der Waals surface area (Å²) in [6.07, 6.45) is 0.787. The van der Waals surface area contributed by atoms with Crippen LogP contribution in [-0.4, -0.2) is 49.4 Å². The third-order valence-corrected chi connectivity index (χ3v) is 7.09. The minimum absolute atomic E-state index is 0.00803. The first-order valence-electron chi connectivity index (χ1n) is 11.5. The highest BCUT2D eigenvalue weighted by Crippen LogP contribution is 2.49. The van der Waals surface area contributed by atoms with E-state index in [4.69, 9.17) is 4.74 Å². The number of carbonyl (C=O) groups is 1. The Morgan fingerprint density at radius 3 is 2.68 bits per heavy atom. The van der Waals surface area contributed by atoms with Crippen molar-refractivity contribution in [1.29, 1.82) is 0 Å². The quantitative estimate of drug-likeness (QED) is 0.580. The van der Waals surface area contributed by atoms with Crippen molar-refractivity contribution in [3.8, 4) is 16.9 Å². The van der Waals surface area contributed by atoms with E-state index in [1.807, 2.05) is 48.3 Å². The molecule has 3 aromatic carbocycles. The van der Waals surface area contributed by atoms with E-state index in [-0.39, 0.29) is 36.5 Å². The number of likely N-dealkylation sites (tertiary alicyclic amines) is 1. The van der Waals surface area contributed by atoms with Crippen molar-refractivity contribution in [2.24, 2.45) is 5.92 Å². The zero-order valence-corrected chi connectivity index (χ0v) is 19.2. The first-order valence-corrected chi connectivity index (χ1v) is 11.5. The minimum atomic E-state index is -0.286. The number of likely N-dealkylation sites (N-methyl/N-ethyl adjacent to an activating group) is 1. The molecular formula is C27H28FN3O3. The number of nitrogens with zero attached hydrogens (tertiary/aromatic N) is 2. The number of anilines is 2. The van der Waals surface area contributed by atoms with Crippen molar-refractivity contribution >= 4 is 17.4 Å². The molecule has 2 heterocycles. The predicted molar refractivity (Wildman–Crippen MR) is 131 cm³/mol. The molecule has 5 rings (SSSR count). The molecule has 2 aliphatic heterocycles. The van der Waals surface area contributed by atoms with E-state index in [2.05, 4.69) is 16.3 Å². The minimum Gasteiger partial charge on any atom is -0.497 e. The molecule has 1 saturated heterocycles. The molecule has 2 amide bonds. The lowest BCUT2D eigenvalue weighted by atomic mass is 9.81. The second kappa shape index (κ2) is 8.99. The molecule has 2 aliphatic rings. The number of nitrogens with one attached hydrogen (secondary N) is 1. The Hall–Kier alpha value is -3.58. The molecule has 0 spiro atoms. The van der Waals surface area contributed by atoms with Crippen LogP contribution < -0.4 is 15.0 Å². The van der Waals surface area contributed by atoms with Gasteiger partial charge in [0, 0.05) is 37.0 Å². The van der Waals surface area contributed by atoms with Crippen LogP contribution in [0.3, 0.4) is 0 Å². The number of hydrogen-bond acceptors (Lipinski definition) is 4. The van der Waals surface area contributed by atoms with Crippen molar-refractivity contribution in [3.05, 3.63) is 78.1 Å². The van der Waals surface area contributed by atoms with Gasteiger partial charge in [-0.25, -0.2) is 9.18 Å². The summed E-state index contributed by atoms with van der Waals surface area (Å²) >= 11 is 0. The van der Waals surface area contributed by atoms with Gasteiger partial charge in [0.2, 0.25) is 0 Å². The third kappa shape index (κ3) is 3.86. The number of amides is 2. The highest BCUT2D eigenvalue weighted by atomic mass is 19.1. The number of carbonyl (C=O) groups excluding carboxylic acids is 1. The van der Waals surface area contributed by atoms with E-state index >= 15 is 0 Å². The number of aliphatic hydroxyl groups is 1. The zero-order chi connectivity index (χ0) is 23.8. The highest BCUT2D eigenvalue weighted by Gasteiger charge is 2.47. The summed E-state index contributed by atoms with van der Waals surface area (Å²) < 4.78 is 19.2. The van der Waals surface area contributed by atoms with Crippen LogP contribution in [0.25, 0.3) is 11.1 Å². The van der Waals surface area contributed by atoms with E-state index < -0.39 is 0 Å². The highest BCUT2D eigenvalue weighted by molar-refractivity contribution is 5.90. The number of urea groups is 1. The summed E-state index contributed by atoms with van der Waals surface area (Å²) in [5.41, 5.74) is 4.33. The number of halogens is 1. The Balaban J connectivity index is 1.52. The second-order valence-electron chi connectivity index (χ2n) is 8.90. The number of aliphatic hydroxyl groups excluding tert-OH is 1. The van der Waals surface area contributed by atoms with Gasteiger partial charge in [-0.15, -0.1) is 0 Å². The molecule has 0 aliphatic carbocycles. The van der Waals surface area contributed by atoms with Gasteiger partial charge in [-0.2, -0.15) is 0 Å². The van der Waals surface area contributed by atoms with Gasteiger partial charge in [0.15, 0.2) is 0 Å². The number of benzene rings is 3. The molecule has 0 bridgehead atoms. The molecule has 0 radical (unpaired) electrons. The molecule has 3 atom stereocenters. The van der Waals surface area contributed by atoms with Crippen LogP contribution in [0.15, 0.2) is 66.7 Å². The van der Waals surface area contributed by atoms with Gasteiger partial charge in [-0.3, -0.25) is 0 Å². The maximum atomic E-state index is 13.9. The summed E-state index contributed by atoms with van der Waals surface area (Å²) in [5.74, 6) is 0.467. The van der Waals surface area contributed by atoms with Crippen molar-refractivity contribution in [3.63, 3.8) is 0 Å². The Labute approximate surface area is 198 Å². The maximum Gasteiger partial charge on any atom is 0.322 e. The van der Waals surface area contributed by atoms with Crippen molar-refractivity contribution in [2.75, 3.05) is 37.5 Å². The van der Waals surface area contributed by atoms with E-state index in [0.717, 1.165) is 28.8 Å². The monoisotopic (exact) mass is 461 g/mol. The average Bonchev–Trinajstić information content (AvgIpc) is 3.29. The standard InChI is InChI=1S/C27H28FN3O3/c1-30-24-10-9-18(17-5-3-6-19(28)13-17)14-23(24)26-22(25(30)16-32)11-12-31(26)27(33)29-20-7-4-8-21(15-20)34-2/h3-10,13-15,22,25-26,32H,11-12,16H2,1-2H3,(H,29,33)/t22-,25+,26-/m1/s1. The lowest BCUT2D eigenvalue weighted by Crippen LogP contribution is -2.48. The number of ether oxygens (including phenoxy) is 1. The van der Waals surface area contributed by atoms with Crippen molar-refractivity contribution in [2.45, 2.75) is 18.5 Å². The molecule has 1 fully saturated rings. The molecule has 0 aromatic heterocycles. The normalized spacial score (nSPS) is 21.1. The molecule has 2 N–H and O–H groups in total. The van der Waals surface area contributed by atoms with Gasteiger partial charge in [0.25, 0.3) is 0 Å². The lowest BCUT2D eigenvalue weighted by Gasteiger charge is -2.44. The largest absolute Gasteiger partial charge is 0.497 e. The fourth-order valence-electron chi connectivity index (χ4n) is 5.43. The number of hydrogen-bond donors (Lipinski definition) is 2. The summed E-state index contributed by atoms with van der Waals surface area (Å²) in [6.45, 7) is 0.590. The van der Waals surface area contributed by atoms with Crippen LogP contribution >= 0.6 is 0 Å². The van der Waals surface area contributed by atoms with Crippen molar-refractivity contribution < 1.29 is 19.0 Å². The number of rotatable bonds is 4. The van der Waals surface area contributed by atoms with Crippen LogP contribution in [0.1, 0.15) is 18.0 Å². The summed E-state index contributed by atoms with van der Waals surface area (Å²) in [4.78, 5) is 17.4. The Bertz CT molecular complexity index is 1220. The van der Waals surface area contributed by atoms with E-state index in [1.165, 1.54) is 12.1 Å². The van der Waals surface area contributed by atoms with E-state index in [1.54, 1.807) is 19.2 Å². The fourth-order valence-corrected chi connectivity index (χ4v) is 5.43. The number of fused-ring (bicyclic) bond motifs is 3. The lowest BCUT2D eigenvalue weighted by molar-refractivity contribution is 0.168. The maximum absolute atomic E-state index is 13.9. The molecule has 3 aromatic rings. The van der Waals surface area contributed by atoms with E-state index in [0.29, 0.717) is 18.0 Å². The second-order valence-corrected chi connectivity index (χ2v) is 8.90. The number of methoxy groups -OCH3 is 1. The Morgan fingerprint density at radius 2 is 1.91 bits per heavy atom. The molecule has 6 nitrogen and oxygen atoms in total. The predicted octanol–water partition coefficient (Wildman–Crippen LogP) is 4.91. The van der Waals surface area contributed by atoms with Crippen LogP contribution in [0, 0.1) is 11.7 Å². The SMILES string of the molecule is COc1cccc(NC(=O)N2CC[C@H]3[C@@H]2c2cc(-c4cccc(F)c4)ccc2N(C)[C@H]3CO)c1.